The van der Waals surface area contributed by atoms with Gasteiger partial charge in [-0.3, -0.25) is 9.59 Å². The third-order valence-corrected chi connectivity index (χ3v) is 9.85. The van der Waals surface area contributed by atoms with Gasteiger partial charge in [0.2, 0.25) is 5.91 Å². The summed E-state index contributed by atoms with van der Waals surface area (Å²) < 4.78 is 11.1. The average Bonchev–Trinajstić information content (AvgIpc) is 3.74. The maximum absolute atomic E-state index is 11.8. The minimum absolute atomic E-state index is 0. The van der Waals surface area contributed by atoms with E-state index in [4.69, 9.17) is 19.2 Å². The maximum atomic E-state index is 11.8. The second-order valence-electron chi connectivity index (χ2n) is 13.2. The number of carboxylic acid groups (broad SMARTS) is 1. The Labute approximate surface area is 301 Å². The zero-order valence-electron chi connectivity index (χ0n) is 28.6. The third kappa shape index (κ3) is 7.78. The monoisotopic (exact) mass is 748 g/mol. The van der Waals surface area contributed by atoms with E-state index in [0.717, 1.165) is 78.2 Å². The van der Waals surface area contributed by atoms with Gasteiger partial charge in [0.1, 0.15) is 22.8 Å². The topological polar surface area (TPSA) is 186 Å². The van der Waals surface area contributed by atoms with Crippen molar-refractivity contribution >= 4 is 76.3 Å². The quantitative estimate of drug-likeness (QED) is 0.163. The molecule has 0 saturated carbocycles. The zero-order chi connectivity index (χ0) is 34.8. The summed E-state index contributed by atoms with van der Waals surface area (Å²) in [5.41, 5.74) is 5.94. The van der Waals surface area contributed by atoms with Gasteiger partial charge in [0.15, 0.2) is 0 Å². The molecule has 4 atom stereocenters. The second-order valence-corrected chi connectivity index (χ2v) is 13.2. The fourth-order valence-corrected chi connectivity index (χ4v) is 7.34. The molecule has 4 aliphatic rings. The van der Waals surface area contributed by atoms with Crippen molar-refractivity contribution < 1.29 is 34.1 Å². The van der Waals surface area contributed by atoms with Crippen LogP contribution in [-0.2, 0) is 9.59 Å². The van der Waals surface area contributed by atoms with Crippen LogP contribution in [0.3, 0.4) is 0 Å². The predicted molar refractivity (Wildman–Crippen MR) is 199 cm³/mol. The molecule has 1 amide bonds. The number of likely N-dealkylation sites (tertiary alicyclic amines) is 1. The molecule has 0 spiro atoms. The van der Waals surface area contributed by atoms with Crippen LogP contribution in [0, 0.1) is 23.7 Å². The Bertz CT molecular complexity index is 1910. The van der Waals surface area contributed by atoms with E-state index < -0.39 is 20.2 Å². The van der Waals surface area contributed by atoms with Crippen LogP contribution in [0.4, 0.5) is 0 Å². The largest absolute Gasteiger partial charge is 0.552 e. The summed E-state index contributed by atoms with van der Waals surface area (Å²) in [5, 5.41) is 33.1. The summed E-state index contributed by atoms with van der Waals surface area (Å²) in [6, 6.07) is 4.00. The van der Waals surface area contributed by atoms with Crippen LogP contribution < -0.4 is 14.6 Å². The standard InChI is InChI=1S/C17H20BN3O3.C15H18BN3O2.C2H4O2.BrH/c1-10-4-6-21(11(2)22)9-14(10)13-7-18(23)24-15-8-20-17-12(16(13)15)3-5-19-17;1-9-2-4-17-7-12(9)11-6-16(20)21-13-8-19-15-10(14(11)13)3-5-18-15;1-2(3)4;/h3,5,7-8,10,14,23H,4,6,9H2,1-2H3,(H,19,20);3,5-6,8-9,12,17,20H,2,4,7H2,1H3,(H,18,19);1H3,(H,3,4);1H/t10-,14?;9-,12?;;/m00../s1. The first-order valence-electron chi connectivity index (χ1n) is 16.7. The zero-order valence-corrected chi connectivity index (χ0v) is 30.3. The van der Waals surface area contributed by atoms with E-state index in [1.165, 1.54) is 5.57 Å². The van der Waals surface area contributed by atoms with Crippen molar-refractivity contribution in [2.75, 3.05) is 26.2 Å². The maximum Gasteiger partial charge on any atom is 0.552 e. The molecule has 0 radical (unpaired) electrons. The normalized spacial score (nSPS) is 22.6. The van der Waals surface area contributed by atoms with Crippen molar-refractivity contribution in [3.63, 3.8) is 0 Å². The van der Waals surface area contributed by atoms with Gasteiger partial charge in [-0.1, -0.05) is 13.8 Å². The Balaban J connectivity index is 0.000000174. The molecule has 16 heteroatoms. The van der Waals surface area contributed by atoms with E-state index in [9.17, 15) is 14.8 Å². The fourth-order valence-electron chi connectivity index (χ4n) is 7.34. The highest BCUT2D eigenvalue weighted by Gasteiger charge is 2.37. The summed E-state index contributed by atoms with van der Waals surface area (Å²) in [5.74, 6) is 5.72. The van der Waals surface area contributed by atoms with E-state index in [1.54, 1.807) is 25.3 Å². The first kappa shape index (κ1) is 37.2. The summed E-state index contributed by atoms with van der Waals surface area (Å²) in [6.07, 6.45) is 9.20. The van der Waals surface area contributed by atoms with Gasteiger partial charge < -0.3 is 44.6 Å². The Morgan fingerprint density at radius 1 is 0.860 bits per heavy atom. The minimum Gasteiger partial charge on any atom is -0.531 e. The lowest BCUT2D eigenvalue weighted by Gasteiger charge is -2.39. The number of piperidine rings is 2. The van der Waals surface area contributed by atoms with Crippen LogP contribution in [0.5, 0.6) is 11.5 Å². The van der Waals surface area contributed by atoms with Crippen molar-refractivity contribution in [1.82, 2.24) is 30.2 Å². The van der Waals surface area contributed by atoms with Gasteiger partial charge in [-0.25, -0.2) is 9.97 Å². The highest BCUT2D eigenvalue weighted by Crippen LogP contribution is 2.44. The van der Waals surface area contributed by atoms with Crippen LogP contribution >= 0.6 is 17.0 Å². The number of aromatic nitrogens is 4. The van der Waals surface area contributed by atoms with E-state index >= 15 is 0 Å². The molecule has 4 aromatic rings. The number of H-pyrrole nitrogens is 2. The molecule has 4 aliphatic heterocycles. The van der Waals surface area contributed by atoms with E-state index in [1.807, 2.05) is 35.4 Å². The van der Waals surface area contributed by atoms with Crippen LogP contribution in [0.1, 0.15) is 51.7 Å². The van der Waals surface area contributed by atoms with Crippen LogP contribution in [-0.4, -0.2) is 92.3 Å². The lowest BCUT2D eigenvalue weighted by Crippen LogP contribution is -2.43. The number of amides is 1. The smallest absolute Gasteiger partial charge is 0.531 e. The molecule has 2 unspecified atom stereocenters. The molecule has 50 heavy (non-hydrogen) atoms. The molecule has 8 rings (SSSR count). The lowest BCUT2D eigenvalue weighted by molar-refractivity contribution is -0.134. The molecule has 2 fully saturated rings. The molecule has 0 aromatic carbocycles. The summed E-state index contributed by atoms with van der Waals surface area (Å²) in [6.45, 7) is 10.6. The number of aliphatic carboxylic acids is 1. The number of carbonyl (C=O) groups is 2. The first-order chi connectivity index (χ1) is 23.5. The van der Waals surface area contributed by atoms with E-state index in [-0.39, 0.29) is 28.8 Å². The van der Waals surface area contributed by atoms with E-state index in [2.05, 4.69) is 39.1 Å². The molecule has 2 saturated heterocycles. The first-order valence-corrected chi connectivity index (χ1v) is 16.7. The number of carbonyl (C=O) groups excluding carboxylic acids is 1. The van der Waals surface area contributed by atoms with Crippen molar-refractivity contribution in [2.45, 2.75) is 40.5 Å². The van der Waals surface area contributed by atoms with Gasteiger partial charge in [-0.2, -0.15) is 0 Å². The van der Waals surface area contributed by atoms with Gasteiger partial charge in [-0.15, -0.1) is 17.0 Å². The minimum atomic E-state index is -0.981. The fraction of sp³-hybridized carbons (Fsp3) is 0.412. The number of rotatable bonds is 2. The molecule has 0 bridgehead atoms. The Hall–Kier alpha value is -4.11. The van der Waals surface area contributed by atoms with Gasteiger partial charge in [-0.05, 0) is 72.4 Å². The number of aromatic amines is 2. The van der Waals surface area contributed by atoms with E-state index in [0.29, 0.717) is 35.8 Å². The van der Waals surface area contributed by atoms with Gasteiger partial charge >= 0.3 is 14.2 Å². The third-order valence-electron chi connectivity index (χ3n) is 9.85. The number of nitrogens with one attached hydrogen (secondary N) is 3. The molecule has 6 N–H and O–H groups in total. The molecule has 4 aromatic heterocycles. The highest BCUT2D eigenvalue weighted by atomic mass is 79.9. The summed E-state index contributed by atoms with van der Waals surface area (Å²) >= 11 is 0. The van der Waals surface area contributed by atoms with Gasteiger partial charge in [0.05, 0.1) is 12.4 Å². The molecule has 8 heterocycles. The van der Waals surface area contributed by atoms with Crippen LogP contribution in [0.2, 0.25) is 0 Å². The number of fused-ring (bicyclic) bond motifs is 6. The number of hydrogen-bond acceptors (Lipinski definition) is 9. The highest BCUT2D eigenvalue weighted by molar-refractivity contribution is 8.93. The number of halogens is 1. The molecular formula is C34H43B2BrN6O7. The predicted octanol–water partition coefficient (Wildman–Crippen LogP) is 4.14. The van der Waals surface area contributed by atoms with Gasteiger partial charge in [0.25, 0.3) is 5.97 Å². The Morgan fingerprint density at radius 2 is 1.36 bits per heavy atom. The summed E-state index contributed by atoms with van der Waals surface area (Å²) in [4.78, 5) is 37.7. The Kier molecular flexibility index (Phi) is 11.8. The van der Waals surface area contributed by atoms with Crippen LogP contribution in [0.25, 0.3) is 33.2 Å². The number of nitrogens with zero attached hydrogens (tertiary/aromatic N) is 3. The average molecular weight is 749 g/mol. The van der Waals surface area contributed by atoms with Crippen molar-refractivity contribution in [3.05, 3.63) is 60.0 Å². The number of carboxylic acids is 1. The lowest BCUT2D eigenvalue weighted by atomic mass is 9.72. The SMILES string of the molecule is Br.CC(=O)N1CC[C@H](C)C(C2=CB(O)Oc3cnc4[nH]ccc4c32)C1.CC(=O)O.C[C@H]1CCNCC1C1=CB(O)Oc2cnc3[nH]ccc3c21. The van der Waals surface area contributed by atoms with Crippen LogP contribution in [0.15, 0.2) is 48.9 Å². The van der Waals surface area contributed by atoms with Crippen molar-refractivity contribution in [3.8, 4) is 11.5 Å². The Morgan fingerprint density at radius 3 is 1.86 bits per heavy atom. The molecule has 13 nitrogen and oxygen atoms in total. The second kappa shape index (κ2) is 15.8. The molecule has 0 aliphatic carbocycles. The number of pyridine rings is 2. The number of hydrogen-bond donors (Lipinski definition) is 6. The molecule has 264 valence electrons. The van der Waals surface area contributed by atoms with Gasteiger partial charge in [0, 0.05) is 73.7 Å². The van der Waals surface area contributed by atoms with Crippen molar-refractivity contribution in [2.24, 2.45) is 23.7 Å². The molecular weight excluding hydrogens is 706 g/mol. The van der Waals surface area contributed by atoms with Crippen molar-refractivity contribution in [1.29, 1.82) is 0 Å². The summed E-state index contributed by atoms with van der Waals surface area (Å²) in [7, 11) is -1.87.